The fourth-order valence-corrected chi connectivity index (χ4v) is 4.47. The molecule has 1 atom stereocenters. The van der Waals surface area contributed by atoms with Crippen LogP contribution in [0.4, 0.5) is 4.79 Å². The Morgan fingerprint density at radius 1 is 1.40 bits per heavy atom. The van der Waals surface area contributed by atoms with Crippen LogP contribution in [0.5, 0.6) is 0 Å². The smallest absolute Gasteiger partial charge is 0.338 e. The van der Waals surface area contributed by atoms with Crippen molar-refractivity contribution in [3.05, 3.63) is 57.8 Å². The molecule has 0 aromatic carbocycles. The van der Waals surface area contributed by atoms with E-state index in [4.69, 9.17) is 9.15 Å². The van der Waals surface area contributed by atoms with E-state index < -0.39 is 18.0 Å². The number of hydrogen-bond donors (Lipinski definition) is 2. The van der Waals surface area contributed by atoms with Gasteiger partial charge in [-0.05, 0) is 40.9 Å². The molecule has 0 saturated heterocycles. The predicted octanol–water partition coefficient (Wildman–Crippen LogP) is 2.34. The van der Waals surface area contributed by atoms with E-state index >= 15 is 0 Å². The lowest BCUT2D eigenvalue weighted by molar-refractivity contribution is -0.139. The summed E-state index contributed by atoms with van der Waals surface area (Å²) in [5.41, 5.74) is 0.713. The highest BCUT2D eigenvalue weighted by Crippen LogP contribution is 2.30. The molecule has 10 nitrogen and oxygen atoms in total. The van der Waals surface area contributed by atoms with Gasteiger partial charge in [0.2, 0.25) is 5.16 Å². The molecule has 30 heavy (non-hydrogen) atoms. The van der Waals surface area contributed by atoms with Crippen LogP contribution in [0.2, 0.25) is 0 Å². The molecular weight excluding hydrogens is 428 g/mol. The predicted molar refractivity (Wildman–Crippen MR) is 109 cm³/mol. The fraction of sp³-hybridized carbons (Fsp3) is 0.278. The van der Waals surface area contributed by atoms with Gasteiger partial charge in [-0.3, -0.25) is 0 Å². The number of ether oxygens (including phenoxy) is 1. The van der Waals surface area contributed by atoms with Crippen molar-refractivity contribution in [2.45, 2.75) is 24.7 Å². The van der Waals surface area contributed by atoms with Crippen molar-refractivity contribution in [3.8, 4) is 0 Å². The standard InChI is InChI=1S/C18H18N6O4S2/c1-2-27-16(25)14-12(19-17(26)20-15(14)13-6-3-7-28-13)10-30-18-21-22-23-24(18)9-11-5-4-8-29-11/h3-8,15H,2,9-10H2,1H3,(H2,19,20,26). The number of furan rings is 1. The number of thioether (sulfide) groups is 1. The number of urea groups is 1. The molecule has 0 fully saturated rings. The maximum Gasteiger partial charge on any atom is 0.338 e. The molecule has 2 amide bonds. The SMILES string of the molecule is CCOC(=O)C1=C(CSc2nnnn2Cc2cccs2)NC(=O)NC1c1ccco1. The number of rotatable bonds is 8. The summed E-state index contributed by atoms with van der Waals surface area (Å²) in [5.74, 6) is 0.182. The first-order valence-electron chi connectivity index (χ1n) is 9.08. The Bertz CT molecular complexity index is 1040. The average Bonchev–Trinajstić information content (AvgIpc) is 3.50. The van der Waals surface area contributed by atoms with E-state index in [-0.39, 0.29) is 17.9 Å². The Morgan fingerprint density at radius 3 is 3.03 bits per heavy atom. The van der Waals surface area contributed by atoms with Crippen LogP contribution in [0.1, 0.15) is 23.6 Å². The van der Waals surface area contributed by atoms with Gasteiger partial charge in [-0.1, -0.05) is 17.8 Å². The average molecular weight is 447 g/mol. The molecular formula is C18H18N6O4S2. The minimum atomic E-state index is -0.745. The monoisotopic (exact) mass is 446 g/mol. The van der Waals surface area contributed by atoms with Crippen LogP contribution in [0, 0.1) is 0 Å². The zero-order valence-corrected chi connectivity index (χ0v) is 17.5. The Morgan fingerprint density at radius 2 is 2.30 bits per heavy atom. The van der Waals surface area contributed by atoms with Gasteiger partial charge in [0.1, 0.15) is 11.8 Å². The summed E-state index contributed by atoms with van der Waals surface area (Å²) < 4.78 is 12.3. The number of thiophene rings is 1. The molecule has 1 aliphatic heterocycles. The Balaban J connectivity index is 1.60. The van der Waals surface area contributed by atoms with Crippen molar-refractivity contribution in [1.29, 1.82) is 0 Å². The summed E-state index contributed by atoms with van der Waals surface area (Å²) in [4.78, 5) is 26.1. The van der Waals surface area contributed by atoms with Gasteiger partial charge in [0.15, 0.2) is 0 Å². The van der Waals surface area contributed by atoms with Gasteiger partial charge in [-0.15, -0.1) is 16.4 Å². The summed E-state index contributed by atoms with van der Waals surface area (Å²) in [6.07, 6.45) is 1.49. The third kappa shape index (κ3) is 4.39. The van der Waals surface area contributed by atoms with E-state index in [1.807, 2.05) is 17.5 Å². The summed E-state index contributed by atoms with van der Waals surface area (Å²) in [5, 5.41) is 19.8. The van der Waals surface area contributed by atoms with Crippen LogP contribution in [-0.2, 0) is 16.1 Å². The van der Waals surface area contributed by atoms with Crippen molar-refractivity contribution in [2.75, 3.05) is 12.4 Å². The van der Waals surface area contributed by atoms with Gasteiger partial charge in [-0.25, -0.2) is 14.3 Å². The fourth-order valence-electron chi connectivity index (χ4n) is 2.94. The molecule has 4 heterocycles. The highest BCUT2D eigenvalue weighted by Gasteiger charge is 2.35. The molecule has 2 N–H and O–H groups in total. The van der Waals surface area contributed by atoms with Crippen molar-refractivity contribution in [3.63, 3.8) is 0 Å². The Labute approximate surface area is 179 Å². The molecule has 0 bridgehead atoms. The van der Waals surface area contributed by atoms with Crippen LogP contribution < -0.4 is 10.6 Å². The molecule has 0 radical (unpaired) electrons. The normalized spacial score (nSPS) is 16.3. The molecule has 0 spiro atoms. The quantitative estimate of drug-likeness (QED) is 0.399. The molecule has 3 aromatic heterocycles. The maximum atomic E-state index is 12.7. The van der Waals surface area contributed by atoms with Gasteiger partial charge in [0, 0.05) is 16.3 Å². The van der Waals surface area contributed by atoms with Crippen molar-refractivity contribution < 1.29 is 18.7 Å². The topological polar surface area (TPSA) is 124 Å². The molecule has 1 aliphatic rings. The number of nitrogens with zero attached hydrogens (tertiary/aromatic N) is 4. The zero-order valence-electron chi connectivity index (χ0n) is 15.9. The van der Waals surface area contributed by atoms with Crippen molar-refractivity contribution >= 4 is 35.1 Å². The molecule has 0 saturated carbocycles. The minimum Gasteiger partial charge on any atom is -0.467 e. The molecule has 3 aromatic rings. The summed E-state index contributed by atoms with van der Waals surface area (Å²) >= 11 is 2.93. The van der Waals surface area contributed by atoms with Crippen LogP contribution in [0.15, 0.2) is 56.8 Å². The largest absolute Gasteiger partial charge is 0.467 e. The van der Waals surface area contributed by atoms with Gasteiger partial charge in [0.25, 0.3) is 0 Å². The number of aromatic nitrogens is 4. The summed E-state index contributed by atoms with van der Waals surface area (Å²) in [6, 6.07) is 6.18. The summed E-state index contributed by atoms with van der Waals surface area (Å²) in [7, 11) is 0. The Kier molecular flexibility index (Phi) is 6.14. The van der Waals surface area contributed by atoms with Crippen molar-refractivity contribution in [2.24, 2.45) is 0 Å². The third-order valence-electron chi connectivity index (χ3n) is 4.21. The summed E-state index contributed by atoms with van der Waals surface area (Å²) in [6.45, 7) is 2.47. The highest BCUT2D eigenvalue weighted by atomic mass is 32.2. The second kappa shape index (κ2) is 9.13. The van der Waals surface area contributed by atoms with Gasteiger partial charge in [-0.2, -0.15) is 0 Å². The number of carbonyl (C=O) groups excluding carboxylic acids is 2. The number of hydrogen-bond acceptors (Lipinski definition) is 9. The zero-order chi connectivity index (χ0) is 20.9. The third-order valence-corrected chi connectivity index (χ3v) is 6.05. The van der Waals surface area contributed by atoms with Crippen LogP contribution >= 0.6 is 23.1 Å². The molecule has 0 aliphatic carbocycles. The lowest BCUT2D eigenvalue weighted by atomic mass is 10.0. The van der Waals surface area contributed by atoms with Gasteiger partial charge >= 0.3 is 12.0 Å². The lowest BCUT2D eigenvalue weighted by Gasteiger charge is -2.27. The number of amides is 2. The maximum absolute atomic E-state index is 12.7. The number of tetrazole rings is 1. The molecule has 1 unspecified atom stereocenters. The van der Waals surface area contributed by atoms with Crippen LogP contribution in [0.25, 0.3) is 0 Å². The van der Waals surface area contributed by atoms with E-state index in [0.717, 1.165) is 4.88 Å². The molecule has 156 valence electrons. The van der Waals surface area contributed by atoms with Gasteiger partial charge < -0.3 is 19.8 Å². The molecule has 4 rings (SSSR count). The van der Waals surface area contributed by atoms with E-state index in [9.17, 15) is 9.59 Å². The number of nitrogens with one attached hydrogen (secondary N) is 2. The second-order valence-corrected chi connectivity index (χ2v) is 8.12. The van der Waals surface area contributed by atoms with E-state index in [1.165, 1.54) is 18.0 Å². The first-order chi connectivity index (χ1) is 14.7. The highest BCUT2D eigenvalue weighted by molar-refractivity contribution is 7.99. The number of carbonyl (C=O) groups is 2. The van der Waals surface area contributed by atoms with Crippen molar-refractivity contribution in [1.82, 2.24) is 30.8 Å². The lowest BCUT2D eigenvalue weighted by Crippen LogP contribution is -2.46. The van der Waals surface area contributed by atoms with E-state index in [2.05, 4.69) is 26.2 Å². The second-order valence-electron chi connectivity index (χ2n) is 6.15. The van der Waals surface area contributed by atoms with E-state index in [0.29, 0.717) is 23.2 Å². The van der Waals surface area contributed by atoms with Crippen LogP contribution in [-0.4, -0.2) is 44.6 Å². The molecule has 12 heteroatoms. The number of esters is 1. The first kappa shape index (κ1) is 20.2. The Hall–Kier alpha value is -3.12. The van der Waals surface area contributed by atoms with Crippen LogP contribution in [0.3, 0.4) is 0 Å². The van der Waals surface area contributed by atoms with Gasteiger partial charge in [0.05, 0.1) is 25.0 Å². The minimum absolute atomic E-state index is 0.209. The van der Waals surface area contributed by atoms with E-state index in [1.54, 1.807) is 35.1 Å². The first-order valence-corrected chi connectivity index (χ1v) is 10.9.